The highest BCUT2D eigenvalue weighted by atomic mass is 16.2. The van der Waals surface area contributed by atoms with Crippen LogP contribution in [0.2, 0.25) is 0 Å². The highest BCUT2D eigenvalue weighted by molar-refractivity contribution is 6.00. The first-order valence-electron chi connectivity index (χ1n) is 9.62. The van der Waals surface area contributed by atoms with Crippen LogP contribution >= 0.6 is 0 Å². The van der Waals surface area contributed by atoms with E-state index in [1.54, 1.807) is 17.1 Å². The van der Waals surface area contributed by atoms with Crippen LogP contribution in [0.15, 0.2) is 61.2 Å². The Morgan fingerprint density at radius 3 is 2.76 bits per heavy atom. The lowest BCUT2D eigenvalue weighted by Crippen LogP contribution is -2.21. The van der Waals surface area contributed by atoms with Crippen LogP contribution in [0.3, 0.4) is 0 Å². The minimum absolute atomic E-state index is 0.284. The fourth-order valence-corrected chi connectivity index (χ4v) is 3.36. The van der Waals surface area contributed by atoms with Gasteiger partial charge >= 0.3 is 6.03 Å². The second-order valence-corrected chi connectivity index (χ2v) is 7.40. The van der Waals surface area contributed by atoms with Crippen LogP contribution in [0, 0.1) is 6.92 Å². The van der Waals surface area contributed by atoms with E-state index in [-0.39, 0.29) is 6.03 Å². The monoisotopic (exact) mass is 388 g/mol. The number of aromatic nitrogens is 4. The molecule has 0 aliphatic carbocycles. The van der Waals surface area contributed by atoms with Gasteiger partial charge in [0.15, 0.2) is 0 Å². The summed E-state index contributed by atoms with van der Waals surface area (Å²) in [6, 6.07) is 11.6. The molecule has 2 N–H and O–H groups in total. The second kappa shape index (κ2) is 7.79. The molecular weight excluding hydrogens is 364 g/mol. The molecule has 3 aromatic heterocycles. The number of fused-ring (bicyclic) bond motifs is 1. The molecule has 2 amide bonds. The van der Waals surface area contributed by atoms with Gasteiger partial charge in [0.05, 0.1) is 24.1 Å². The molecule has 4 rings (SSSR count). The third-order valence-corrected chi connectivity index (χ3v) is 4.79. The van der Waals surface area contributed by atoms with Crippen molar-refractivity contribution in [3.05, 3.63) is 78.0 Å². The molecule has 0 unspecified atom stereocenters. The molecule has 7 heteroatoms. The van der Waals surface area contributed by atoms with Gasteiger partial charge in [0.25, 0.3) is 0 Å². The largest absolute Gasteiger partial charge is 0.323 e. The summed E-state index contributed by atoms with van der Waals surface area (Å²) in [7, 11) is 0. The number of carbonyl (C=O) groups excluding carboxylic acids is 1. The Morgan fingerprint density at radius 1 is 1.10 bits per heavy atom. The van der Waals surface area contributed by atoms with Gasteiger partial charge in [-0.1, -0.05) is 38.1 Å². The van der Waals surface area contributed by atoms with Gasteiger partial charge in [0.2, 0.25) is 0 Å². The van der Waals surface area contributed by atoms with Gasteiger partial charge in [-0.15, -0.1) is 0 Å². The molecule has 148 valence electrons. The third-order valence-electron chi connectivity index (χ3n) is 4.79. The lowest BCUT2D eigenvalue weighted by Gasteiger charge is -2.16. The number of nitrogens with zero attached hydrogens (tertiary/aromatic N) is 4. The van der Waals surface area contributed by atoms with E-state index in [1.165, 1.54) is 0 Å². The van der Waals surface area contributed by atoms with Crippen LogP contribution in [0.1, 0.15) is 36.6 Å². The lowest BCUT2D eigenvalue weighted by molar-refractivity contribution is 0.262. The Balaban J connectivity index is 1.43. The summed E-state index contributed by atoms with van der Waals surface area (Å²) in [5, 5.41) is 10.2. The van der Waals surface area contributed by atoms with Crippen molar-refractivity contribution >= 4 is 23.1 Å². The van der Waals surface area contributed by atoms with Gasteiger partial charge in [-0.25, -0.2) is 9.78 Å². The van der Waals surface area contributed by atoms with Crippen molar-refractivity contribution in [2.24, 2.45) is 0 Å². The van der Waals surface area contributed by atoms with E-state index in [1.807, 2.05) is 60.1 Å². The van der Waals surface area contributed by atoms with E-state index in [2.05, 4.69) is 34.6 Å². The number of urea groups is 1. The van der Waals surface area contributed by atoms with E-state index < -0.39 is 0 Å². The molecule has 0 bridgehead atoms. The fraction of sp³-hybridized carbons (Fsp3) is 0.227. The number of imidazole rings is 1. The summed E-state index contributed by atoms with van der Waals surface area (Å²) in [6.07, 6.45) is 7.37. The Morgan fingerprint density at radius 2 is 1.97 bits per heavy atom. The van der Waals surface area contributed by atoms with Crippen LogP contribution in [-0.2, 0) is 6.54 Å². The van der Waals surface area contributed by atoms with Crippen molar-refractivity contribution in [3.8, 4) is 0 Å². The van der Waals surface area contributed by atoms with Crippen LogP contribution < -0.4 is 10.6 Å². The van der Waals surface area contributed by atoms with Crippen LogP contribution in [0.5, 0.6) is 0 Å². The number of rotatable bonds is 5. The number of nitrogens with one attached hydrogen (secondary N) is 2. The number of hydrogen-bond donors (Lipinski definition) is 2. The minimum Gasteiger partial charge on any atom is -0.307 e. The van der Waals surface area contributed by atoms with Gasteiger partial charge in [-0.3, -0.25) is 4.68 Å². The Kier molecular flexibility index (Phi) is 5.03. The number of carbonyl (C=O) groups is 1. The van der Waals surface area contributed by atoms with Gasteiger partial charge in [-0.2, -0.15) is 5.10 Å². The first kappa shape index (κ1) is 18.7. The van der Waals surface area contributed by atoms with Gasteiger partial charge in [0, 0.05) is 24.3 Å². The maximum absolute atomic E-state index is 12.5. The maximum atomic E-state index is 12.5. The number of anilines is 2. The molecule has 0 saturated carbocycles. The van der Waals surface area contributed by atoms with Crippen molar-refractivity contribution in [3.63, 3.8) is 0 Å². The summed E-state index contributed by atoms with van der Waals surface area (Å²) in [5.74, 6) is 0.318. The summed E-state index contributed by atoms with van der Waals surface area (Å²) in [5.41, 5.74) is 5.43. The number of amides is 2. The summed E-state index contributed by atoms with van der Waals surface area (Å²) < 4.78 is 3.73. The van der Waals surface area contributed by atoms with Crippen molar-refractivity contribution in [2.75, 3.05) is 10.6 Å². The smallest absolute Gasteiger partial charge is 0.307 e. The Bertz CT molecular complexity index is 1120. The average molecular weight is 388 g/mol. The van der Waals surface area contributed by atoms with Crippen molar-refractivity contribution in [1.29, 1.82) is 0 Å². The number of para-hydroxylation sites is 1. The molecule has 1 aromatic carbocycles. The predicted octanol–water partition coefficient (Wildman–Crippen LogP) is 4.65. The summed E-state index contributed by atoms with van der Waals surface area (Å²) in [4.78, 5) is 17.1. The molecule has 0 aliphatic rings. The van der Waals surface area contributed by atoms with Crippen LogP contribution in [-0.4, -0.2) is 25.2 Å². The van der Waals surface area contributed by atoms with Crippen molar-refractivity contribution in [1.82, 2.24) is 19.2 Å². The molecule has 29 heavy (non-hydrogen) atoms. The standard InChI is InChI=1S/C22H24N6O/c1-15(2)19-8-6-7-16(3)21(19)26-22(29)25-17-11-23-28(13-17)14-18-12-27-10-5-4-9-20(27)24-18/h4-13,15H,14H2,1-3H3,(H2,25,26,29). The second-order valence-electron chi connectivity index (χ2n) is 7.40. The molecule has 3 heterocycles. The first-order valence-corrected chi connectivity index (χ1v) is 9.62. The van der Waals surface area contributed by atoms with Crippen LogP contribution in [0.25, 0.3) is 5.65 Å². The zero-order valence-corrected chi connectivity index (χ0v) is 16.8. The fourth-order valence-electron chi connectivity index (χ4n) is 3.36. The van der Waals surface area contributed by atoms with E-state index in [0.29, 0.717) is 18.2 Å². The highest BCUT2D eigenvalue weighted by Gasteiger charge is 2.13. The molecule has 0 aliphatic heterocycles. The Hall–Kier alpha value is -3.61. The molecular formula is C22H24N6O. The quantitative estimate of drug-likeness (QED) is 0.522. The minimum atomic E-state index is -0.284. The van der Waals surface area contributed by atoms with Crippen molar-refractivity contribution in [2.45, 2.75) is 33.2 Å². The molecule has 0 radical (unpaired) electrons. The molecule has 0 spiro atoms. The molecule has 4 aromatic rings. The van der Waals surface area contributed by atoms with Gasteiger partial charge in [0.1, 0.15) is 5.65 Å². The van der Waals surface area contributed by atoms with E-state index >= 15 is 0 Å². The topological polar surface area (TPSA) is 76.2 Å². The zero-order valence-electron chi connectivity index (χ0n) is 16.8. The summed E-state index contributed by atoms with van der Waals surface area (Å²) in [6.45, 7) is 6.75. The van der Waals surface area contributed by atoms with Gasteiger partial charge in [-0.05, 0) is 36.1 Å². The lowest BCUT2D eigenvalue weighted by atomic mass is 9.98. The van der Waals surface area contributed by atoms with E-state index in [4.69, 9.17) is 0 Å². The predicted molar refractivity (Wildman–Crippen MR) is 114 cm³/mol. The molecule has 0 atom stereocenters. The van der Waals surface area contributed by atoms with Gasteiger partial charge < -0.3 is 15.0 Å². The zero-order chi connectivity index (χ0) is 20.4. The van der Waals surface area contributed by atoms with E-state index in [9.17, 15) is 4.79 Å². The SMILES string of the molecule is Cc1cccc(C(C)C)c1NC(=O)Nc1cnn(Cc2cn3ccccc3n2)c1. The number of hydrogen-bond acceptors (Lipinski definition) is 3. The number of benzene rings is 1. The van der Waals surface area contributed by atoms with Crippen molar-refractivity contribution < 1.29 is 4.79 Å². The van der Waals surface area contributed by atoms with E-state index in [0.717, 1.165) is 28.2 Å². The third kappa shape index (κ3) is 4.13. The molecule has 0 fully saturated rings. The first-order chi connectivity index (χ1) is 14.0. The summed E-state index contributed by atoms with van der Waals surface area (Å²) >= 11 is 0. The molecule has 7 nitrogen and oxygen atoms in total. The number of aryl methyl sites for hydroxylation is 1. The number of pyridine rings is 1. The maximum Gasteiger partial charge on any atom is 0.323 e. The highest BCUT2D eigenvalue weighted by Crippen LogP contribution is 2.27. The van der Waals surface area contributed by atoms with Crippen LogP contribution in [0.4, 0.5) is 16.2 Å². The Labute approximate surface area is 169 Å². The average Bonchev–Trinajstić information content (AvgIpc) is 3.29. The molecule has 0 saturated heterocycles. The normalized spacial score (nSPS) is 11.2.